The summed E-state index contributed by atoms with van der Waals surface area (Å²) in [4.78, 5) is 72.4. The third-order valence-electron chi connectivity index (χ3n) is 18.2. The smallest absolute Gasteiger partial charge is 0.302 e. The minimum atomic E-state index is -1.09. The van der Waals surface area contributed by atoms with Crippen LogP contribution < -0.4 is 16.4 Å². The summed E-state index contributed by atoms with van der Waals surface area (Å²) in [5.41, 5.74) is 5.71. The van der Waals surface area contributed by atoms with E-state index in [1.54, 1.807) is 0 Å². The van der Waals surface area contributed by atoms with E-state index in [4.69, 9.17) is 62.6 Å². The van der Waals surface area contributed by atoms with Crippen LogP contribution in [0.3, 0.4) is 0 Å². The number of Topliss-reactive ketones (excluding diaryl/α,β-unsaturated/α-hetero) is 1. The molecule has 0 radical (unpaired) electrons. The van der Waals surface area contributed by atoms with Gasteiger partial charge in [0.2, 0.25) is 11.8 Å². The highest BCUT2D eigenvalue weighted by molar-refractivity contribution is 5.78. The first kappa shape index (κ1) is 76.9. The van der Waals surface area contributed by atoms with Crippen LogP contribution in [0.4, 0.5) is 0 Å². The van der Waals surface area contributed by atoms with E-state index in [1.165, 1.54) is 20.8 Å². The average Bonchev–Trinajstić information content (AvgIpc) is 1.72. The molecule has 21 nitrogen and oxygen atoms in total. The van der Waals surface area contributed by atoms with E-state index in [9.17, 15) is 28.8 Å². The summed E-state index contributed by atoms with van der Waals surface area (Å²) in [6, 6.07) is 0. The Hall–Kier alpha value is -3.38. The first-order valence-electron chi connectivity index (χ1n) is 32.8. The molecule has 3 heterocycles. The number of hydrogen-bond donors (Lipinski definition) is 3. The fourth-order valence-corrected chi connectivity index (χ4v) is 11.1. The van der Waals surface area contributed by atoms with Crippen molar-refractivity contribution in [3.05, 3.63) is 0 Å². The molecule has 0 saturated carbocycles. The largest absolute Gasteiger partial charge is 0.463 e. The molecule has 0 spiro atoms. The van der Waals surface area contributed by atoms with Crippen molar-refractivity contribution in [3.8, 4) is 0 Å². The zero-order chi connectivity index (χ0) is 63.4. The van der Waals surface area contributed by atoms with E-state index in [0.717, 1.165) is 83.5 Å². The van der Waals surface area contributed by atoms with Crippen LogP contribution in [0.2, 0.25) is 0 Å². The number of ketones is 1. The van der Waals surface area contributed by atoms with Gasteiger partial charge in [0.25, 0.3) is 0 Å². The summed E-state index contributed by atoms with van der Waals surface area (Å²) in [5, 5.41) is 5.95. The Morgan fingerprint density at radius 3 is 1.01 bits per heavy atom. The van der Waals surface area contributed by atoms with Crippen molar-refractivity contribution < 1.29 is 85.6 Å². The Bertz CT molecular complexity index is 1710. The summed E-state index contributed by atoms with van der Waals surface area (Å²) in [6.07, 6.45) is 11.1. The monoisotopic (exact) mass is 1230 g/mol. The zero-order valence-corrected chi connectivity index (χ0v) is 55.0. The molecular weight excluding hydrogens is 1110 g/mol. The maximum Gasteiger partial charge on any atom is 0.302 e. The molecule has 4 N–H and O–H groups in total. The Morgan fingerprint density at radius 1 is 0.372 bits per heavy atom. The van der Waals surface area contributed by atoms with Gasteiger partial charge in [0.15, 0.2) is 18.9 Å². The van der Waals surface area contributed by atoms with Crippen LogP contribution in [0, 0.1) is 53.3 Å². The summed E-state index contributed by atoms with van der Waals surface area (Å²) in [6.45, 7) is 27.6. The average molecular weight is 1230 g/mol. The number of nitrogens with two attached hydrogens (primary N) is 1. The molecule has 3 aliphatic rings. The fourth-order valence-electron chi connectivity index (χ4n) is 11.1. The minimum Gasteiger partial charge on any atom is -0.463 e. The van der Waals surface area contributed by atoms with E-state index in [0.29, 0.717) is 57.1 Å². The lowest BCUT2D eigenvalue weighted by molar-refractivity contribution is -0.255. The van der Waals surface area contributed by atoms with Crippen molar-refractivity contribution in [3.63, 3.8) is 0 Å². The first-order valence-corrected chi connectivity index (χ1v) is 32.8. The van der Waals surface area contributed by atoms with Crippen LogP contribution in [-0.4, -0.2) is 171 Å². The lowest BCUT2D eigenvalue weighted by Gasteiger charge is -2.43. The van der Waals surface area contributed by atoms with Crippen molar-refractivity contribution in [2.45, 2.75) is 235 Å². The number of carbonyl (C=O) groups is 6. The van der Waals surface area contributed by atoms with Gasteiger partial charge in [0, 0.05) is 97.1 Å². The van der Waals surface area contributed by atoms with Gasteiger partial charge < -0.3 is 73.2 Å². The number of nitrogens with one attached hydrogen (secondary N) is 2. The van der Waals surface area contributed by atoms with E-state index < -0.39 is 5.54 Å². The third-order valence-corrected chi connectivity index (χ3v) is 18.2. The molecule has 2 amide bonds. The van der Waals surface area contributed by atoms with Crippen molar-refractivity contribution in [2.24, 2.45) is 59.0 Å². The van der Waals surface area contributed by atoms with E-state index >= 15 is 0 Å². The zero-order valence-electron chi connectivity index (χ0n) is 55.0. The van der Waals surface area contributed by atoms with Crippen LogP contribution in [0.15, 0.2) is 0 Å². The molecule has 6 unspecified atom stereocenters. The number of rotatable bonds is 46. The number of ether oxygens (including phenoxy) is 12. The number of hydrogen-bond acceptors (Lipinski definition) is 19. The standard InChI is InChI=1S/C65H117N3O18/c1-44-47(4)57(38-81-53(10)69)84-62(50(44)7)78-32-23-17-13-14-20-26-56(72)27-35-75-41-65(66,42-76-36-28-60(73)67-30-21-15-18-24-33-79-63-51(8)45(2)48(5)58(85-63)39-82-54(11)70)43-77-37-29-61(74)68-31-22-16-19-25-34-80-64-52(9)46(3)49(6)59(86-64)40-83-55(12)71/h44-52,57-59,62-64H,13-43,66H2,1-12H3,(H,67,73)(H,68,74)/t44-,45-,46-,47+,48+,49+,50?,51?,52?,57?,58?,59?,62+,63+,64+,65?/m0/s1. The summed E-state index contributed by atoms with van der Waals surface area (Å²) in [7, 11) is 0. The van der Waals surface area contributed by atoms with E-state index in [1.807, 2.05) is 0 Å². The van der Waals surface area contributed by atoms with Gasteiger partial charge in [-0.15, -0.1) is 0 Å². The van der Waals surface area contributed by atoms with Crippen molar-refractivity contribution >= 4 is 35.5 Å². The minimum absolute atomic E-state index is 0.0390. The van der Waals surface area contributed by atoms with Gasteiger partial charge in [0.05, 0.1) is 63.5 Å². The SMILES string of the molecule is CC(=O)OCC1O[C@@H](OCCCCCCCC(=O)CCOCC(N)(COCCC(=O)NCCCCCCO[C@@H]2OC(COC(C)=O)[C@H](C)[C@H](C)C2C)COCCC(=O)NCCCCCCO[C@@H]2OC(COC(C)=O)[C@H](C)[C@H](C)C2C)C(C)[C@@H](C)[C@H]1C. The number of carbonyl (C=O) groups excluding carboxylic acids is 6. The molecule has 0 aromatic rings. The summed E-state index contributed by atoms with van der Waals surface area (Å²) >= 11 is 0. The number of unbranched alkanes of at least 4 members (excludes halogenated alkanes) is 10. The van der Waals surface area contributed by atoms with Crippen molar-refractivity contribution in [1.82, 2.24) is 10.6 Å². The van der Waals surface area contributed by atoms with Gasteiger partial charge in [-0.3, -0.25) is 28.8 Å². The van der Waals surface area contributed by atoms with Crippen LogP contribution >= 0.6 is 0 Å². The molecule has 15 atom stereocenters. The quantitative estimate of drug-likeness (QED) is 0.0292. The molecule has 3 rings (SSSR count). The maximum atomic E-state index is 12.8. The van der Waals surface area contributed by atoms with Gasteiger partial charge in [-0.2, -0.15) is 0 Å². The Labute approximate surface area is 516 Å². The molecule has 21 heteroatoms. The van der Waals surface area contributed by atoms with Crippen LogP contribution in [0.1, 0.15) is 192 Å². The highest BCUT2D eigenvalue weighted by atomic mass is 16.7. The molecule has 3 aliphatic heterocycles. The highest BCUT2D eigenvalue weighted by Crippen LogP contribution is 2.38. The topological polar surface area (TPSA) is 263 Å². The molecule has 3 saturated heterocycles. The van der Waals surface area contributed by atoms with Gasteiger partial charge in [-0.05, 0) is 74.0 Å². The molecule has 3 fully saturated rings. The molecule has 0 bridgehead atoms. The molecular formula is C65H117N3O18. The van der Waals surface area contributed by atoms with Crippen molar-refractivity contribution in [1.29, 1.82) is 0 Å². The molecule has 0 aliphatic carbocycles. The summed E-state index contributed by atoms with van der Waals surface area (Å²) in [5.74, 6) is 1.38. The second-order valence-electron chi connectivity index (χ2n) is 25.2. The lowest BCUT2D eigenvalue weighted by atomic mass is 9.79. The lowest BCUT2D eigenvalue weighted by Crippen LogP contribution is -2.53. The molecule has 500 valence electrons. The molecule has 86 heavy (non-hydrogen) atoms. The number of esters is 3. The van der Waals surface area contributed by atoms with Crippen molar-refractivity contribution in [2.75, 3.05) is 92.4 Å². The van der Waals surface area contributed by atoms with Crippen LogP contribution in [0.5, 0.6) is 0 Å². The van der Waals surface area contributed by atoms with Gasteiger partial charge in [0.1, 0.15) is 25.6 Å². The van der Waals surface area contributed by atoms with Gasteiger partial charge in [-0.25, -0.2) is 0 Å². The predicted molar refractivity (Wildman–Crippen MR) is 325 cm³/mol. The second kappa shape index (κ2) is 43.4. The van der Waals surface area contributed by atoms with Gasteiger partial charge >= 0.3 is 17.9 Å². The Balaban J connectivity index is 1.32. The molecule has 0 aromatic carbocycles. The highest BCUT2D eigenvalue weighted by Gasteiger charge is 2.42. The van der Waals surface area contributed by atoms with Gasteiger partial charge in [-0.1, -0.05) is 107 Å². The number of amides is 2. The normalized spacial score (nSPS) is 28.3. The maximum absolute atomic E-state index is 12.8. The summed E-state index contributed by atoms with van der Waals surface area (Å²) < 4.78 is 70.5. The first-order chi connectivity index (χ1) is 41.0. The predicted octanol–water partition coefficient (Wildman–Crippen LogP) is 8.81. The second-order valence-corrected chi connectivity index (χ2v) is 25.2. The van der Waals surface area contributed by atoms with Crippen LogP contribution in [0.25, 0.3) is 0 Å². The molecule has 0 aromatic heterocycles. The third kappa shape index (κ3) is 30.9. The van der Waals surface area contributed by atoms with Crippen LogP contribution in [-0.2, 0) is 85.6 Å². The van der Waals surface area contributed by atoms with E-state index in [-0.39, 0.29) is 187 Å². The van der Waals surface area contributed by atoms with E-state index in [2.05, 4.69) is 72.9 Å². The fraction of sp³-hybridized carbons (Fsp3) is 0.908. The Kier molecular flexibility index (Phi) is 38.7. The Morgan fingerprint density at radius 2 is 0.674 bits per heavy atom.